The predicted molar refractivity (Wildman–Crippen MR) is 76.9 cm³/mol. The molecule has 2 fully saturated rings. The van der Waals surface area contributed by atoms with Crippen LogP contribution in [0.5, 0.6) is 0 Å². The summed E-state index contributed by atoms with van der Waals surface area (Å²) < 4.78 is 11.4. The van der Waals surface area contributed by atoms with E-state index in [1.807, 2.05) is 12.1 Å². The average Bonchev–Trinajstić information content (AvgIpc) is 2.92. The second-order valence-electron chi connectivity index (χ2n) is 5.43. The maximum atomic E-state index is 9.68. The average molecular weight is 312 g/mol. The Morgan fingerprint density at radius 3 is 2.20 bits per heavy atom. The Kier molecular flexibility index (Phi) is 3.68. The number of hydrogen-bond donors (Lipinski definition) is 0. The van der Waals surface area contributed by atoms with Crippen LogP contribution in [0.2, 0.25) is 10.0 Å². The highest BCUT2D eigenvalue weighted by molar-refractivity contribution is 6.42. The van der Waals surface area contributed by atoms with Gasteiger partial charge in [-0.2, -0.15) is 5.26 Å². The predicted octanol–water partition coefficient (Wildman–Crippen LogP) is 4.07. The van der Waals surface area contributed by atoms with Crippen molar-refractivity contribution in [1.82, 2.24) is 0 Å². The first kappa shape index (κ1) is 14.2. The van der Waals surface area contributed by atoms with E-state index in [9.17, 15) is 5.26 Å². The maximum absolute atomic E-state index is 9.68. The molecular formula is C15H15Cl2NO2. The quantitative estimate of drug-likeness (QED) is 0.785. The lowest BCUT2D eigenvalue weighted by atomic mass is 9.69. The zero-order valence-electron chi connectivity index (χ0n) is 11.0. The third-order valence-electron chi connectivity index (χ3n) is 4.37. The summed E-state index contributed by atoms with van der Waals surface area (Å²) in [6, 6.07) is 7.93. The summed E-state index contributed by atoms with van der Waals surface area (Å²) in [7, 11) is 0. The van der Waals surface area contributed by atoms with Gasteiger partial charge in [0.1, 0.15) is 0 Å². The summed E-state index contributed by atoms with van der Waals surface area (Å²) in [5.74, 6) is -0.462. The SMILES string of the molecule is N#CC1(c2ccc(Cl)c(Cl)c2)CCC2(CC1)OCCO2. The number of hydrogen-bond acceptors (Lipinski definition) is 3. The molecule has 3 nitrogen and oxygen atoms in total. The fourth-order valence-corrected chi connectivity index (χ4v) is 3.40. The van der Waals surface area contributed by atoms with Crippen LogP contribution in [0.4, 0.5) is 0 Å². The number of halogens is 2. The van der Waals surface area contributed by atoms with Gasteiger partial charge in [0, 0.05) is 12.8 Å². The first-order valence-corrected chi connectivity index (χ1v) is 7.50. The van der Waals surface area contributed by atoms with E-state index >= 15 is 0 Å². The normalized spacial score (nSPS) is 23.6. The van der Waals surface area contributed by atoms with Gasteiger partial charge in [0.15, 0.2) is 5.79 Å². The van der Waals surface area contributed by atoms with Crippen LogP contribution in [-0.4, -0.2) is 19.0 Å². The van der Waals surface area contributed by atoms with Crippen LogP contribution in [0.15, 0.2) is 18.2 Å². The number of nitriles is 1. The molecule has 5 heteroatoms. The van der Waals surface area contributed by atoms with Gasteiger partial charge in [0.2, 0.25) is 0 Å². The molecule has 1 aliphatic carbocycles. The minimum absolute atomic E-state index is 0.462. The lowest BCUT2D eigenvalue weighted by Crippen LogP contribution is -2.41. The Bertz CT molecular complexity index is 551. The van der Waals surface area contributed by atoms with E-state index in [2.05, 4.69) is 6.07 Å². The van der Waals surface area contributed by atoms with E-state index in [1.54, 1.807) is 6.07 Å². The molecular weight excluding hydrogens is 297 g/mol. The minimum Gasteiger partial charge on any atom is -0.348 e. The third kappa shape index (κ3) is 2.31. The Morgan fingerprint density at radius 1 is 1.00 bits per heavy atom. The van der Waals surface area contributed by atoms with Crippen molar-refractivity contribution in [3.8, 4) is 6.07 Å². The second kappa shape index (κ2) is 5.20. The molecule has 0 atom stereocenters. The molecule has 1 saturated carbocycles. The van der Waals surface area contributed by atoms with Crippen LogP contribution < -0.4 is 0 Å². The smallest absolute Gasteiger partial charge is 0.168 e. The van der Waals surface area contributed by atoms with Gasteiger partial charge in [-0.15, -0.1) is 0 Å². The zero-order valence-corrected chi connectivity index (χ0v) is 12.5. The molecule has 1 heterocycles. The molecule has 0 amide bonds. The maximum Gasteiger partial charge on any atom is 0.168 e. The number of ether oxygens (including phenoxy) is 2. The highest BCUT2D eigenvalue weighted by atomic mass is 35.5. The van der Waals surface area contributed by atoms with Gasteiger partial charge in [-0.25, -0.2) is 0 Å². The van der Waals surface area contributed by atoms with Crippen molar-refractivity contribution in [3.05, 3.63) is 33.8 Å². The third-order valence-corrected chi connectivity index (χ3v) is 5.10. The van der Waals surface area contributed by atoms with Gasteiger partial charge < -0.3 is 9.47 Å². The van der Waals surface area contributed by atoms with Gasteiger partial charge in [0.05, 0.1) is 34.7 Å². The molecule has 2 aliphatic rings. The van der Waals surface area contributed by atoms with Gasteiger partial charge in [-0.1, -0.05) is 29.3 Å². The summed E-state index contributed by atoms with van der Waals surface area (Å²) in [4.78, 5) is 0. The van der Waals surface area contributed by atoms with E-state index in [-0.39, 0.29) is 0 Å². The molecule has 0 aromatic heterocycles. The Morgan fingerprint density at radius 2 is 1.65 bits per heavy atom. The molecule has 3 rings (SSSR count). The van der Waals surface area contributed by atoms with Crippen LogP contribution >= 0.6 is 23.2 Å². The van der Waals surface area contributed by atoms with Crippen molar-refractivity contribution < 1.29 is 9.47 Å². The van der Waals surface area contributed by atoms with Crippen molar-refractivity contribution in [2.45, 2.75) is 36.9 Å². The van der Waals surface area contributed by atoms with Crippen molar-refractivity contribution in [2.24, 2.45) is 0 Å². The summed E-state index contributed by atoms with van der Waals surface area (Å²) in [5, 5.41) is 10.7. The number of nitrogens with zero attached hydrogens (tertiary/aromatic N) is 1. The zero-order chi connectivity index (χ0) is 14.2. The minimum atomic E-state index is -0.519. The molecule has 0 unspecified atom stereocenters. The van der Waals surface area contributed by atoms with Crippen molar-refractivity contribution in [2.75, 3.05) is 13.2 Å². The Balaban J connectivity index is 1.86. The molecule has 1 aromatic carbocycles. The van der Waals surface area contributed by atoms with Gasteiger partial charge in [-0.3, -0.25) is 0 Å². The molecule has 20 heavy (non-hydrogen) atoms. The molecule has 1 spiro atoms. The van der Waals surface area contributed by atoms with Crippen molar-refractivity contribution in [3.63, 3.8) is 0 Å². The molecule has 1 saturated heterocycles. The number of rotatable bonds is 1. The topological polar surface area (TPSA) is 42.2 Å². The van der Waals surface area contributed by atoms with Crippen LogP contribution in [0.3, 0.4) is 0 Å². The van der Waals surface area contributed by atoms with E-state index in [0.717, 1.165) is 18.4 Å². The van der Waals surface area contributed by atoms with Gasteiger partial charge >= 0.3 is 0 Å². The fraction of sp³-hybridized carbons (Fsp3) is 0.533. The monoisotopic (exact) mass is 311 g/mol. The molecule has 106 valence electrons. The molecule has 1 aliphatic heterocycles. The second-order valence-corrected chi connectivity index (χ2v) is 6.24. The van der Waals surface area contributed by atoms with Crippen molar-refractivity contribution in [1.29, 1.82) is 5.26 Å². The van der Waals surface area contributed by atoms with Crippen molar-refractivity contribution >= 4 is 23.2 Å². The first-order valence-electron chi connectivity index (χ1n) is 6.74. The summed E-state index contributed by atoms with van der Waals surface area (Å²) in [6.45, 7) is 1.29. The van der Waals surface area contributed by atoms with Crippen LogP contribution in [-0.2, 0) is 14.9 Å². The Hall–Kier alpha value is -0.790. The van der Waals surface area contributed by atoms with E-state index in [1.165, 1.54) is 0 Å². The standard InChI is InChI=1S/C15H15Cl2NO2/c16-12-2-1-11(9-13(12)17)14(10-18)3-5-15(6-4-14)19-7-8-20-15/h1-2,9H,3-8H2. The largest absolute Gasteiger partial charge is 0.348 e. The van der Waals surface area contributed by atoms with Crippen LogP contribution in [0.25, 0.3) is 0 Å². The first-order chi connectivity index (χ1) is 9.59. The summed E-state index contributed by atoms with van der Waals surface area (Å²) in [5.41, 5.74) is 0.414. The van der Waals surface area contributed by atoms with E-state index in [4.69, 9.17) is 32.7 Å². The molecule has 0 bridgehead atoms. The van der Waals surface area contributed by atoms with Crippen LogP contribution in [0, 0.1) is 11.3 Å². The molecule has 1 aromatic rings. The summed E-state index contributed by atoms with van der Waals surface area (Å²) in [6.07, 6.45) is 2.89. The van der Waals surface area contributed by atoms with E-state index in [0.29, 0.717) is 36.1 Å². The summed E-state index contributed by atoms with van der Waals surface area (Å²) >= 11 is 12.0. The lowest BCUT2D eigenvalue weighted by Gasteiger charge is -2.40. The highest BCUT2D eigenvalue weighted by Gasteiger charge is 2.47. The number of benzene rings is 1. The van der Waals surface area contributed by atoms with Gasteiger partial charge in [-0.05, 0) is 30.5 Å². The van der Waals surface area contributed by atoms with Gasteiger partial charge in [0.25, 0.3) is 0 Å². The fourth-order valence-electron chi connectivity index (χ4n) is 3.10. The molecule has 0 radical (unpaired) electrons. The van der Waals surface area contributed by atoms with Crippen LogP contribution in [0.1, 0.15) is 31.2 Å². The molecule has 0 N–H and O–H groups in total. The highest BCUT2D eigenvalue weighted by Crippen LogP contribution is 2.46. The lowest BCUT2D eigenvalue weighted by molar-refractivity contribution is -0.182. The van der Waals surface area contributed by atoms with E-state index < -0.39 is 11.2 Å². The Labute approximate surface area is 128 Å².